The first-order valence-electron chi connectivity index (χ1n) is 9.17. The summed E-state index contributed by atoms with van der Waals surface area (Å²) < 4.78 is 0. The quantitative estimate of drug-likeness (QED) is 0.579. The van der Waals surface area contributed by atoms with E-state index in [1.807, 2.05) is 42.6 Å². The maximum atomic E-state index is 6.21. The minimum Gasteiger partial charge on any atom is -0.356 e. The monoisotopic (exact) mass is 390 g/mol. The van der Waals surface area contributed by atoms with E-state index in [0.717, 1.165) is 29.6 Å². The normalized spacial score (nSPS) is 16.6. The molecule has 0 saturated carbocycles. The van der Waals surface area contributed by atoms with Gasteiger partial charge in [-0.05, 0) is 54.9 Å². The predicted octanol–water partition coefficient (Wildman–Crippen LogP) is 3.98. The van der Waals surface area contributed by atoms with Gasteiger partial charge in [0.15, 0.2) is 5.96 Å². The second kappa shape index (κ2) is 9.95. The number of nitrogens with one attached hydrogen (secondary N) is 2. The maximum absolute atomic E-state index is 6.21. The highest BCUT2D eigenvalue weighted by molar-refractivity contribution is 7.09. The van der Waals surface area contributed by atoms with Gasteiger partial charge in [-0.3, -0.25) is 9.89 Å². The predicted molar refractivity (Wildman–Crippen MR) is 112 cm³/mol. The van der Waals surface area contributed by atoms with Crippen molar-refractivity contribution in [3.63, 3.8) is 0 Å². The van der Waals surface area contributed by atoms with Crippen LogP contribution in [0.1, 0.15) is 23.3 Å². The van der Waals surface area contributed by atoms with E-state index in [0.29, 0.717) is 12.5 Å². The molecular formula is C20H27ClN4S. The topological polar surface area (TPSA) is 39.7 Å². The van der Waals surface area contributed by atoms with Crippen LogP contribution in [-0.4, -0.2) is 37.5 Å². The first-order chi connectivity index (χ1) is 12.7. The van der Waals surface area contributed by atoms with E-state index >= 15 is 0 Å². The van der Waals surface area contributed by atoms with Crippen LogP contribution in [0, 0.1) is 5.92 Å². The molecule has 1 aromatic carbocycles. The molecule has 0 unspecified atom stereocenters. The number of piperidine rings is 1. The molecule has 4 nitrogen and oxygen atoms in total. The van der Waals surface area contributed by atoms with Crippen molar-refractivity contribution in [2.45, 2.75) is 25.9 Å². The molecule has 26 heavy (non-hydrogen) atoms. The highest BCUT2D eigenvalue weighted by Gasteiger charge is 2.19. The minimum absolute atomic E-state index is 0.679. The Balaban J connectivity index is 1.37. The van der Waals surface area contributed by atoms with Crippen molar-refractivity contribution >= 4 is 28.9 Å². The molecule has 0 atom stereocenters. The van der Waals surface area contributed by atoms with Gasteiger partial charge in [0.05, 0.1) is 0 Å². The third-order valence-corrected chi connectivity index (χ3v) is 6.08. The number of benzene rings is 1. The van der Waals surface area contributed by atoms with Crippen molar-refractivity contribution in [3.8, 4) is 0 Å². The van der Waals surface area contributed by atoms with Crippen LogP contribution in [-0.2, 0) is 13.1 Å². The molecule has 0 aliphatic carbocycles. The second-order valence-corrected chi connectivity index (χ2v) is 8.14. The molecular weight excluding hydrogens is 364 g/mol. The fraction of sp³-hybridized carbons (Fsp3) is 0.450. The van der Waals surface area contributed by atoms with Crippen LogP contribution >= 0.6 is 22.9 Å². The summed E-state index contributed by atoms with van der Waals surface area (Å²) in [4.78, 5) is 8.35. The van der Waals surface area contributed by atoms with Crippen molar-refractivity contribution in [2.75, 3.05) is 26.7 Å². The Hall–Kier alpha value is -1.56. The molecule has 2 N–H and O–H groups in total. The van der Waals surface area contributed by atoms with Crippen LogP contribution in [0.2, 0.25) is 5.02 Å². The molecule has 6 heteroatoms. The molecule has 140 valence electrons. The van der Waals surface area contributed by atoms with Gasteiger partial charge in [0.25, 0.3) is 0 Å². The van der Waals surface area contributed by atoms with Crippen molar-refractivity contribution in [3.05, 3.63) is 57.2 Å². The number of hydrogen-bond acceptors (Lipinski definition) is 3. The van der Waals surface area contributed by atoms with E-state index < -0.39 is 0 Å². The lowest BCUT2D eigenvalue weighted by molar-refractivity contribution is 0.179. The smallest absolute Gasteiger partial charge is 0.191 e. The van der Waals surface area contributed by atoms with Gasteiger partial charge in [-0.1, -0.05) is 35.9 Å². The number of aliphatic imine (C=N–C) groups is 1. The zero-order valence-electron chi connectivity index (χ0n) is 15.2. The number of rotatable bonds is 6. The van der Waals surface area contributed by atoms with E-state index in [1.54, 1.807) is 0 Å². The molecule has 2 aromatic rings. The largest absolute Gasteiger partial charge is 0.356 e. The second-order valence-electron chi connectivity index (χ2n) is 6.70. The molecule has 1 fully saturated rings. The van der Waals surface area contributed by atoms with Gasteiger partial charge in [0, 0.05) is 36.6 Å². The first-order valence-corrected chi connectivity index (χ1v) is 10.4. The lowest BCUT2D eigenvalue weighted by Crippen LogP contribution is -2.42. The fourth-order valence-corrected chi connectivity index (χ4v) is 4.20. The maximum Gasteiger partial charge on any atom is 0.191 e. The SMILES string of the molecule is CN=C(NCc1ccccc1Cl)NCC1CCN(Cc2cccs2)CC1. The van der Waals surface area contributed by atoms with Gasteiger partial charge >= 0.3 is 0 Å². The highest BCUT2D eigenvalue weighted by atomic mass is 35.5. The molecule has 1 saturated heterocycles. The number of nitrogens with zero attached hydrogens (tertiary/aromatic N) is 2. The van der Waals surface area contributed by atoms with Crippen LogP contribution in [0.25, 0.3) is 0 Å². The highest BCUT2D eigenvalue weighted by Crippen LogP contribution is 2.20. The molecule has 3 rings (SSSR count). The van der Waals surface area contributed by atoms with E-state index in [2.05, 4.69) is 38.0 Å². The number of halogens is 1. The third-order valence-electron chi connectivity index (χ3n) is 4.85. The molecule has 0 radical (unpaired) electrons. The van der Waals surface area contributed by atoms with Gasteiger partial charge in [-0.25, -0.2) is 0 Å². The minimum atomic E-state index is 0.679. The summed E-state index contributed by atoms with van der Waals surface area (Å²) >= 11 is 8.06. The van der Waals surface area contributed by atoms with Gasteiger partial charge in [-0.15, -0.1) is 11.3 Å². The first kappa shape index (κ1) is 19.2. The Morgan fingerprint density at radius 2 is 2.00 bits per heavy atom. The van der Waals surface area contributed by atoms with E-state index in [4.69, 9.17) is 11.6 Å². The summed E-state index contributed by atoms with van der Waals surface area (Å²) in [6.07, 6.45) is 2.47. The van der Waals surface area contributed by atoms with Crippen molar-refractivity contribution in [1.82, 2.24) is 15.5 Å². The average molecular weight is 391 g/mol. The van der Waals surface area contributed by atoms with E-state index in [1.165, 1.54) is 30.8 Å². The van der Waals surface area contributed by atoms with Crippen molar-refractivity contribution in [2.24, 2.45) is 10.9 Å². The Morgan fingerprint density at radius 1 is 1.19 bits per heavy atom. The Labute approximate surface area is 165 Å². The molecule has 1 aliphatic rings. The Morgan fingerprint density at radius 3 is 2.69 bits per heavy atom. The third kappa shape index (κ3) is 5.73. The van der Waals surface area contributed by atoms with Crippen molar-refractivity contribution < 1.29 is 0 Å². The van der Waals surface area contributed by atoms with Crippen LogP contribution in [0.15, 0.2) is 46.8 Å². The number of hydrogen-bond donors (Lipinski definition) is 2. The van der Waals surface area contributed by atoms with Crippen LogP contribution in [0.3, 0.4) is 0 Å². The number of thiophene rings is 1. The molecule has 0 spiro atoms. The van der Waals surface area contributed by atoms with Gasteiger partial charge in [-0.2, -0.15) is 0 Å². The Kier molecular flexibility index (Phi) is 7.35. The molecule has 2 heterocycles. The average Bonchev–Trinajstić information content (AvgIpc) is 3.17. The summed E-state index contributed by atoms with van der Waals surface area (Å²) in [6, 6.07) is 12.3. The summed E-state index contributed by atoms with van der Waals surface area (Å²) in [5, 5.41) is 9.76. The summed E-state index contributed by atoms with van der Waals surface area (Å²) in [5.41, 5.74) is 1.08. The van der Waals surface area contributed by atoms with Crippen molar-refractivity contribution in [1.29, 1.82) is 0 Å². The molecule has 1 aromatic heterocycles. The molecule has 0 bridgehead atoms. The van der Waals surface area contributed by atoms with Gasteiger partial charge in [0.1, 0.15) is 0 Å². The fourth-order valence-electron chi connectivity index (χ4n) is 3.25. The van der Waals surface area contributed by atoms with Gasteiger partial charge in [0.2, 0.25) is 0 Å². The Bertz CT molecular complexity index is 694. The number of likely N-dealkylation sites (tertiary alicyclic amines) is 1. The standard InChI is InChI=1S/C20H27ClN4S/c1-22-20(24-14-17-5-2-3-7-19(17)21)23-13-16-8-10-25(11-9-16)15-18-6-4-12-26-18/h2-7,12,16H,8-11,13-15H2,1H3,(H2,22,23,24). The van der Waals surface area contributed by atoms with E-state index in [9.17, 15) is 0 Å². The van der Waals surface area contributed by atoms with Crippen LogP contribution in [0.4, 0.5) is 0 Å². The lowest BCUT2D eigenvalue weighted by Gasteiger charge is -2.32. The molecule has 0 amide bonds. The van der Waals surface area contributed by atoms with E-state index in [-0.39, 0.29) is 0 Å². The lowest BCUT2D eigenvalue weighted by atomic mass is 9.97. The summed E-state index contributed by atoms with van der Waals surface area (Å²) in [5.74, 6) is 1.54. The summed E-state index contributed by atoms with van der Waals surface area (Å²) in [6.45, 7) is 5.10. The molecule has 1 aliphatic heterocycles. The summed E-state index contributed by atoms with van der Waals surface area (Å²) in [7, 11) is 1.81. The zero-order chi connectivity index (χ0) is 18.2. The van der Waals surface area contributed by atoms with Gasteiger partial charge < -0.3 is 10.6 Å². The van der Waals surface area contributed by atoms with Crippen LogP contribution < -0.4 is 10.6 Å². The number of guanidine groups is 1. The van der Waals surface area contributed by atoms with Crippen LogP contribution in [0.5, 0.6) is 0 Å². The zero-order valence-corrected chi connectivity index (χ0v) is 16.8.